The second-order valence-corrected chi connectivity index (χ2v) is 4.64. The van der Waals surface area contributed by atoms with Crippen LogP contribution in [0.2, 0.25) is 0 Å². The van der Waals surface area contributed by atoms with E-state index >= 15 is 0 Å². The summed E-state index contributed by atoms with van der Waals surface area (Å²) in [7, 11) is 0. The molecule has 0 aliphatic carbocycles. The van der Waals surface area contributed by atoms with Gasteiger partial charge in [-0.1, -0.05) is 11.8 Å². The number of hydrogen-bond acceptors (Lipinski definition) is 3. The zero-order valence-corrected chi connectivity index (χ0v) is 9.97. The molecule has 0 saturated heterocycles. The largest absolute Gasteiger partial charge is 0.399 e. The molecule has 0 amide bonds. The second kappa shape index (κ2) is 5.07. The molecule has 0 heterocycles. The van der Waals surface area contributed by atoms with E-state index in [1.165, 1.54) is 0 Å². The Morgan fingerprint density at radius 1 is 1.06 bits per heavy atom. The van der Waals surface area contributed by atoms with Gasteiger partial charge in [0.15, 0.2) is 0 Å². The van der Waals surface area contributed by atoms with E-state index in [0.717, 1.165) is 23.9 Å². The van der Waals surface area contributed by atoms with E-state index in [-0.39, 0.29) is 10.5 Å². The summed E-state index contributed by atoms with van der Waals surface area (Å²) in [5, 5.41) is 8.59. The average molecular weight is 262 g/mol. The highest BCUT2D eigenvalue weighted by molar-refractivity contribution is 7.99. The van der Waals surface area contributed by atoms with Crippen LogP contribution in [0.5, 0.6) is 0 Å². The third kappa shape index (κ3) is 2.60. The molecule has 0 unspecified atom stereocenters. The van der Waals surface area contributed by atoms with Gasteiger partial charge in [-0.05, 0) is 36.4 Å². The van der Waals surface area contributed by atoms with Gasteiger partial charge in [-0.2, -0.15) is 5.26 Å². The van der Waals surface area contributed by atoms with Crippen LogP contribution < -0.4 is 5.73 Å². The predicted molar refractivity (Wildman–Crippen MR) is 66.1 cm³/mol. The third-order valence-electron chi connectivity index (χ3n) is 2.23. The van der Waals surface area contributed by atoms with Crippen LogP contribution in [-0.4, -0.2) is 0 Å². The Kier molecular flexibility index (Phi) is 3.49. The standard InChI is InChI=1S/C13H8F2N2S/c14-11-5-8(7-16)6-12(15)13(11)18-10-3-1-9(17)2-4-10/h1-6H,17H2. The molecule has 2 aromatic rings. The second-order valence-electron chi connectivity index (χ2n) is 3.55. The summed E-state index contributed by atoms with van der Waals surface area (Å²) in [5.74, 6) is -1.48. The molecule has 0 aliphatic rings. The van der Waals surface area contributed by atoms with Crippen molar-refractivity contribution < 1.29 is 8.78 Å². The van der Waals surface area contributed by atoms with Gasteiger partial charge < -0.3 is 5.73 Å². The van der Waals surface area contributed by atoms with E-state index in [2.05, 4.69) is 0 Å². The quantitative estimate of drug-likeness (QED) is 0.842. The molecule has 0 atom stereocenters. The number of nitrogens with zero attached hydrogens (tertiary/aromatic N) is 1. The topological polar surface area (TPSA) is 49.8 Å². The van der Waals surface area contributed by atoms with Crippen molar-refractivity contribution in [1.82, 2.24) is 0 Å². The summed E-state index contributed by atoms with van der Waals surface area (Å²) >= 11 is 0.954. The predicted octanol–water partition coefficient (Wildman–Crippen LogP) is 3.57. The van der Waals surface area contributed by atoms with Crippen molar-refractivity contribution in [2.24, 2.45) is 0 Å². The van der Waals surface area contributed by atoms with Crippen molar-refractivity contribution in [1.29, 1.82) is 5.26 Å². The fourth-order valence-corrected chi connectivity index (χ4v) is 2.20. The summed E-state index contributed by atoms with van der Waals surface area (Å²) in [6.07, 6.45) is 0. The Morgan fingerprint density at radius 3 is 2.11 bits per heavy atom. The van der Waals surface area contributed by atoms with Crippen molar-refractivity contribution in [3.63, 3.8) is 0 Å². The molecule has 2 rings (SSSR count). The van der Waals surface area contributed by atoms with Crippen LogP contribution in [0.4, 0.5) is 14.5 Å². The molecule has 0 fully saturated rings. The van der Waals surface area contributed by atoms with Gasteiger partial charge in [-0.15, -0.1) is 0 Å². The average Bonchev–Trinajstić information content (AvgIpc) is 2.35. The molecule has 5 heteroatoms. The van der Waals surface area contributed by atoms with Crippen molar-refractivity contribution in [2.75, 3.05) is 5.73 Å². The Labute approximate surface area is 107 Å². The van der Waals surface area contributed by atoms with Crippen LogP contribution >= 0.6 is 11.8 Å². The number of benzene rings is 2. The summed E-state index contributed by atoms with van der Waals surface area (Å²) in [6.45, 7) is 0. The van der Waals surface area contributed by atoms with Gasteiger partial charge in [0.2, 0.25) is 0 Å². The van der Waals surface area contributed by atoms with Crippen molar-refractivity contribution in [3.8, 4) is 6.07 Å². The summed E-state index contributed by atoms with van der Waals surface area (Å²) in [6, 6.07) is 10.4. The minimum Gasteiger partial charge on any atom is -0.399 e. The SMILES string of the molecule is N#Cc1cc(F)c(Sc2ccc(N)cc2)c(F)c1. The molecule has 90 valence electrons. The number of nitrogen functional groups attached to an aromatic ring is 1. The van der Waals surface area contributed by atoms with Gasteiger partial charge in [0, 0.05) is 10.6 Å². The third-order valence-corrected chi connectivity index (χ3v) is 3.33. The molecule has 0 aliphatic heterocycles. The van der Waals surface area contributed by atoms with Gasteiger partial charge in [0.25, 0.3) is 0 Å². The molecular weight excluding hydrogens is 254 g/mol. The van der Waals surface area contributed by atoms with Crippen LogP contribution in [0.3, 0.4) is 0 Å². The lowest BCUT2D eigenvalue weighted by Crippen LogP contribution is -1.90. The molecule has 2 nitrogen and oxygen atoms in total. The van der Waals surface area contributed by atoms with E-state index in [9.17, 15) is 8.78 Å². The highest BCUT2D eigenvalue weighted by Gasteiger charge is 2.12. The fraction of sp³-hybridized carbons (Fsp3) is 0. The maximum absolute atomic E-state index is 13.6. The molecule has 2 N–H and O–H groups in total. The maximum Gasteiger partial charge on any atom is 0.141 e. The van der Waals surface area contributed by atoms with Crippen LogP contribution in [0.25, 0.3) is 0 Å². The monoisotopic (exact) mass is 262 g/mol. The zero-order valence-electron chi connectivity index (χ0n) is 9.15. The molecule has 0 aromatic heterocycles. The van der Waals surface area contributed by atoms with Gasteiger partial charge in [0.1, 0.15) is 11.6 Å². The number of nitrogens with two attached hydrogens (primary N) is 1. The van der Waals surface area contributed by atoms with E-state index < -0.39 is 11.6 Å². The lowest BCUT2D eigenvalue weighted by atomic mass is 10.2. The number of anilines is 1. The van der Waals surface area contributed by atoms with Crippen molar-refractivity contribution in [2.45, 2.75) is 9.79 Å². The first-order valence-corrected chi connectivity index (χ1v) is 5.84. The van der Waals surface area contributed by atoms with E-state index in [4.69, 9.17) is 11.0 Å². The molecule has 18 heavy (non-hydrogen) atoms. The summed E-state index contributed by atoms with van der Waals surface area (Å²) in [5.41, 5.74) is 6.07. The number of hydrogen-bond donors (Lipinski definition) is 1. The fourth-order valence-electron chi connectivity index (χ4n) is 1.38. The minimum atomic E-state index is -0.742. The minimum absolute atomic E-state index is 0.0355. The van der Waals surface area contributed by atoms with Crippen molar-refractivity contribution >= 4 is 17.4 Å². The van der Waals surface area contributed by atoms with E-state index in [0.29, 0.717) is 10.6 Å². The molecule has 2 aromatic carbocycles. The maximum atomic E-state index is 13.6. The van der Waals surface area contributed by atoms with Gasteiger partial charge >= 0.3 is 0 Å². The Morgan fingerprint density at radius 2 is 1.61 bits per heavy atom. The van der Waals surface area contributed by atoms with Crippen LogP contribution in [0.1, 0.15) is 5.56 Å². The first kappa shape index (κ1) is 12.4. The van der Waals surface area contributed by atoms with Gasteiger partial charge in [0.05, 0.1) is 16.5 Å². The molecule has 0 saturated carbocycles. The Balaban J connectivity index is 2.35. The van der Waals surface area contributed by atoms with Crippen LogP contribution in [-0.2, 0) is 0 Å². The lowest BCUT2D eigenvalue weighted by Gasteiger charge is -2.05. The Hall–Kier alpha value is -2.06. The molecular formula is C13H8F2N2S. The number of rotatable bonds is 2. The van der Waals surface area contributed by atoms with Crippen LogP contribution in [0, 0.1) is 23.0 Å². The number of nitriles is 1. The normalized spacial score (nSPS) is 10.1. The van der Waals surface area contributed by atoms with Gasteiger partial charge in [-0.3, -0.25) is 0 Å². The summed E-state index contributed by atoms with van der Waals surface area (Å²) < 4.78 is 27.3. The van der Waals surface area contributed by atoms with Crippen LogP contribution in [0.15, 0.2) is 46.2 Å². The first-order valence-electron chi connectivity index (χ1n) is 5.02. The van der Waals surface area contributed by atoms with E-state index in [1.807, 2.05) is 0 Å². The molecule has 0 bridgehead atoms. The van der Waals surface area contributed by atoms with Crippen molar-refractivity contribution in [3.05, 3.63) is 53.6 Å². The first-order chi connectivity index (χ1) is 8.60. The highest BCUT2D eigenvalue weighted by atomic mass is 32.2. The Bertz CT molecular complexity index is 595. The summed E-state index contributed by atoms with van der Waals surface area (Å²) in [4.78, 5) is 0.547. The smallest absolute Gasteiger partial charge is 0.141 e. The van der Waals surface area contributed by atoms with Gasteiger partial charge in [-0.25, -0.2) is 8.78 Å². The molecule has 0 radical (unpaired) electrons. The highest BCUT2D eigenvalue weighted by Crippen LogP contribution is 2.32. The molecule has 0 spiro atoms. The van der Waals surface area contributed by atoms with E-state index in [1.54, 1.807) is 30.3 Å². The zero-order chi connectivity index (χ0) is 13.1. The number of halogens is 2. The lowest BCUT2D eigenvalue weighted by molar-refractivity contribution is 0.540.